The molecule has 0 bridgehead atoms. The minimum Gasteiger partial charge on any atom is -0.351 e. The highest BCUT2D eigenvalue weighted by molar-refractivity contribution is 7.17. The average Bonchev–Trinajstić information content (AvgIpc) is 2.48. The standard InChI is InChI=1S/C10H16N2OS/c1-10(2,3)7-12(4)9-11-5-8(6-13)14-9/h5-6H,7H2,1-4H3. The van der Waals surface area contributed by atoms with Crippen LogP contribution in [0.2, 0.25) is 0 Å². The van der Waals surface area contributed by atoms with E-state index in [-0.39, 0.29) is 5.41 Å². The number of nitrogens with zero attached hydrogens (tertiary/aromatic N) is 2. The number of hydrogen-bond donors (Lipinski definition) is 0. The summed E-state index contributed by atoms with van der Waals surface area (Å²) in [5.41, 5.74) is 0.238. The molecule has 1 aromatic heterocycles. The Balaban J connectivity index is 2.69. The van der Waals surface area contributed by atoms with Crippen LogP contribution in [-0.4, -0.2) is 24.9 Å². The fraction of sp³-hybridized carbons (Fsp3) is 0.600. The Morgan fingerprint density at radius 3 is 2.64 bits per heavy atom. The van der Waals surface area contributed by atoms with E-state index in [0.717, 1.165) is 18.0 Å². The quantitative estimate of drug-likeness (QED) is 0.721. The van der Waals surface area contributed by atoms with Gasteiger partial charge in [-0.2, -0.15) is 0 Å². The Kier molecular flexibility index (Phi) is 3.26. The highest BCUT2D eigenvalue weighted by Gasteiger charge is 2.15. The van der Waals surface area contributed by atoms with Crippen LogP contribution in [0.25, 0.3) is 0 Å². The normalized spacial score (nSPS) is 11.4. The van der Waals surface area contributed by atoms with Crippen LogP contribution in [0.5, 0.6) is 0 Å². The van der Waals surface area contributed by atoms with Crippen molar-refractivity contribution in [2.45, 2.75) is 20.8 Å². The van der Waals surface area contributed by atoms with Crippen LogP contribution < -0.4 is 4.90 Å². The summed E-state index contributed by atoms with van der Waals surface area (Å²) in [6.45, 7) is 7.46. The van der Waals surface area contributed by atoms with Gasteiger partial charge in [-0.15, -0.1) is 0 Å². The van der Waals surface area contributed by atoms with E-state index in [1.807, 2.05) is 7.05 Å². The maximum atomic E-state index is 10.5. The molecular weight excluding hydrogens is 196 g/mol. The highest BCUT2D eigenvalue weighted by Crippen LogP contribution is 2.23. The van der Waals surface area contributed by atoms with Gasteiger partial charge in [0.25, 0.3) is 0 Å². The first-order valence-electron chi connectivity index (χ1n) is 4.54. The molecule has 0 aliphatic heterocycles. The van der Waals surface area contributed by atoms with Crippen molar-refractivity contribution in [2.75, 3.05) is 18.5 Å². The van der Waals surface area contributed by atoms with E-state index < -0.39 is 0 Å². The molecule has 0 unspecified atom stereocenters. The maximum Gasteiger partial charge on any atom is 0.185 e. The summed E-state index contributed by atoms with van der Waals surface area (Å²) < 4.78 is 0. The van der Waals surface area contributed by atoms with Crippen LogP contribution in [0.3, 0.4) is 0 Å². The van der Waals surface area contributed by atoms with Crippen LogP contribution in [0.4, 0.5) is 5.13 Å². The minimum absolute atomic E-state index is 0.238. The number of carbonyl (C=O) groups is 1. The predicted octanol–water partition coefficient (Wildman–Crippen LogP) is 2.44. The van der Waals surface area contributed by atoms with Gasteiger partial charge in [-0.25, -0.2) is 4.98 Å². The lowest BCUT2D eigenvalue weighted by Crippen LogP contribution is -2.28. The second-order valence-electron chi connectivity index (χ2n) is 4.58. The number of thiazole rings is 1. The zero-order valence-corrected chi connectivity index (χ0v) is 9.89. The lowest BCUT2D eigenvalue weighted by Gasteiger charge is -2.25. The minimum atomic E-state index is 0.238. The van der Waals surface area contributed by atoms with Crippen LogP contribution in [0.1, 0.15) is 30.4 Å². The monoisotopic (exact) mass is 212 g/mol. The largest absolute Gasteiger partial charge is 0.351 e. The third-order valence-electron chi connectivity index (χ3n) is 1.67. The van der Waals surface area contributed by atoms with Gasteiger partial charge >= 0.3 is 0 Å². The third-order valence-corrected chi connectivity index (χ3v) is 2.70. The third kappa shape index (κ3) is 3.10. The zero-order chi connectivity index (χ0) is 10.8. The van der Waals surface area contributed by atoms with Crippen molar-refractivity contribution in [3.05, 3.63) is 11.1 Å². The molecule has 0 atom stereocenters. The first-order valence-corrected chi connectivity index (χ1v) is 5.36. The molecule has 3 nitrogen and oxygen atoms in total. The number of aldehydes is 1. The van der Waals surface area contributed by atoms with Gasteiger partial charge in [0.05, 0.1) is 11.1 Å². The molecule has 0 spiro atoms. The fourth-order valence-electron chi connectivity index (χ4n) is 1.29. The topological polar surface area (TPSA) is 33.2 Å². The van der Waals surface area contributed by atoms with Gasteiger partial charge in [0.2, 0.25) is 0 Å². The van der Waals surface area contributed by atoms with Gasteiger partial charge in [-0.1, -0.05) is 32.1 Å². The molecule has 14 heavy (non-hydrogen) atoms. The fourth-order valence-corrected chi connectivity index (χ4v) is 1.98. The molecule has 0 radical (unpaired) electrons. The molecular formula is C10H16N2OS. The Bertz CT molecular complexity index is 314. The van der Waals surface area contributed by atoms with E-state index in [1.165, 1.54) is 11.3 Å². The number of hydrogen-bond acceptors (Lipinski definition) is 4. The Hall–Kier alpha value is -0.900. The first kappa shape index (κ1) is 11.2. The second kappa shape index (κ2) is 4.09. The molecule has 1 rings (SSSR count). The predicted molar refractivity (Wildman–Crippen MR) is 60.2 cm³/mol. The summed E-state index contributed by atoms with van der Waals surface area (Å²) in [5, 5.41) is 0.905. The van der Waals surface area contributed by atoms with Crippen LogP contribution in [0, 0.1) is 5.41 Å². The van der Waals surface area contributed by atoms with Crippen LogP contribution in [-0.2, 0) is 0 Å². The van der Waals surface area contributed by atoms with Gasteiger partial charge in [0.1, 0.15) is 0 Å². The summed E-state index contributed by atoms with van der Waals surface area (Å²) in [6.07, 6.45) is 2.46. The molecule has 0 amide bonds. The molecule has 0 saturated heterocycles. The Labute approximate surface area is 88.8 Å². The molecule has 1 aromatic rings. The van der Waals surface area contributed by atoms with E-state index in [4.69, 9.17) is 0 Å². The lowest BCUT2D eigenvalue weighted by molar-refractivity contribution is 0.112. The number of carbonyl (C=O) groups excluding carboxylic acids is 1. The summed E-state index contributed by atoms with van der Waals surface area (Å²) in [7, 11) is 2.00. The van der Waals surface area contributed by atoms with E-state index in [2.05, 4.69) is 30.7 Å². The molecule has 0 aliphatic carbocycles. The summed E-state index contributed by atoms with van der Waals surface area (Å²) in [5.74, 6) is 0. The average molecular weight is 212 g/mol. The SMILES string of the molecule is CN(CC(C)(C)C)c1ncc(C=O)s1. The van der Waals surface area contributed by atoms with E-state index in [0.29, 0.717) is 4.88 Å². The van der Waals surface area contributed by atoms with Gasteiger partial charge in [0.15, 0.2) is 11.4 Å². The molecule has 0 aromatic carbocycles. The molecule has 1 heterocycles. The van der Waals surface area contributed by atoms with Gasteiger partial charge in [-0.05, 0) is 5.41 Å². The van der Waals surface area contributed by atoms with Crippen LogP contribution >= 0.6 is 11.3 Å². The number of anilines is 1. The van der Waals surface area contributed by atoms with Gasteiger partial charge in [-0.3, -0.25) is 4.79 Å². The smallest absolute Gasteiger partial charge is 0.185 e. The van der Waals surface area contributed by atoms with E-state index in [1.54, 1.807) is 6.20 Å². The van der Waals surface area contributed by atoms with Crippen molar-refractivity contribution in [3.8, 4) is 0 Å². The lowest BCUT2D eigenvalue weighted by atomic mass is 9.96. The van der Waals surface area contributed by atoms with E-state index >= 15 is 0 Å². The van der Waals surface area contributed by atoms with Crippen LogP contribution in [0.15, 0.2) is 6.20 Å². The molecule has 4 heteroatoms. The first-order chi connectivity index (χ1) is 6.42. The Morgan fingerprint density at radius 1 is 1.57 bits per heavy atom. The summed E-state index contributed by atoms with van der Waals surface area (Å²) in [4.78, 5) is 17.4. The summed E-state index contributed by atoms with van der Waals surface area (Å²) >= 11 is 1.43. The van der Waals surface area contributed by atoms with Crippen molar-refractivity contribution in [1.82, 2.24) is 4.98 Å². The highest BCUT2D eigenvalue weighted by atomic mass is 32.1. The number of rotatable bonds is 3. The van der Waals surface area contributed by atoms with Crippen molar-refractivity contribution in [2.24, 2.45) is 5.41 Å². The van der Waals surface area contributed by atoms with Crippen molar-refractivity contribution < 1.29 is 4.79 Å². The molecule has 0 N–H and O–H groups in total. The van der Waals surface area contributed by atoms with Crippen molar-refractivity contribution in [3.63, 3.8) is 0 Å². The zero-order valence-electron chi connectivity index (χ0n) is 9.07. The van der Waals surface area contributed by atoms with Gasteiger partial charge in [0, 0.05) is 13.6 Å². The molecule has 0 saturated carbocycles. The van der Waals surface area contributed by atoms with Crippen molar-refractivity contribution >= 4 is 22.8 Å². The molecule has 0 fully saturated rings. The molecule has 78 valence electrons. The number of aromatic nitrogens is 1. The second-order valence-corrected chi connectivity index (χ2v) is 5.62. The van der Waals surface area contributed by atoms with Crippen molar-refractivity contribution in [1.29, 1.82) is 0 Å². The molecule has 0 aliphatic rings. The maximum absolute atomic E-state index is 10.5. The van der Waals surface area contributed by atoms with Gasteiger partial charge < -0.3 is 4.90 Å². The summed E-state index contributed by atoms with van der Waals surface area (Å²) in [6, 6.07) is 0. The van der Waals surface area contributed by atoms with E-state index in [9.17, 15) is 4.79 Å². The Morgan fingerprint density at radius 2 is 2.21 bits per heavy atom.